The number of halogens is 4. The zero-order chi connectivity index (χ0) is 19.9. The molecule has 0 heterocycles. The van der Waals surface area contributed by atoms with Gasteiger partial charge in [-0.2, -0.15) is 13.2 Å². The van der Waals surface area contributed by atoms with Crippen molar-refractivity contribution in [2.75, 3.05) is 20.6 Å². The first kappa shape index (κ1) is 25.5. The second kappa shape index (κ2) is 11.4. The molecule has 0 aliphatic rings. The van der Waals surface area contributed by atoms with Crippen LogP contribution in [0.1, 0.15) is 31.9 Å². The highest BCUT2D eigenvalue weighted by Crippen LogP contribution is 2.29. The third-order valence-electron chi connectivity index (χ3n) is 3.94. The summed E-state index contributed by atoms with van der Waals surface area (Å²) in [7, 11) is 3.29. The van der Waals surface area contributed by atoms with Crippen molar-refractivity contribution in [3.05, 3.63) is 35.4 Å². The molecule has 154 valence electrons. The number of aliphatic imine (C=N–C) groups is 1. The van der Waals surface area contributed by atoms with Crippen LogP contribution in [0.5, 0.6) is 0 Å². The lowest BCUT2D eigenvalue weighted by molar-refractivity contribution is -0.137. The maximum absolute atomic E-state index is 12.8. The van der Waals surface area contributed by atoms with Crippen molar-refractivity contribution < 1.29 is 18.0 Å². The molecule has 1 aromatic rings. The zero-order valence-electron chi connectivity index (χ0n) is 16.2. The molecule has 1 amide bonds. The number of hydrogen-bond acceptors (Lipinski definition) is 2. The van der Waals surface area contributed by atoms with Gasteiger partial charge in [-0.25, -0.2) is 4.99 Å². The molecule has 0 aliphatic carbocycles. The number of nitrogens with one attached hydrogen (secondary N) is 2. The van der Waals surface area contributed by atoms with E-state index in [1.54, 1.807) is 20.2 Å². The van der Waals surface area contributed by atoms with Crippen LogP contribution in [-0.2, 0) is 17.5 Å². The Morgan fingerprint density at radius 2 is 1.85 bits per heavy atom. The maximum atomic E-state index is 12.8. The fourth-order valence-electron chi connectivity index (χ4n) is 1.87. The van der Waals surface area contributed by atoms with Crippen LogP contribution in [0.2, 0.25) is 0 Å². The number of amides is 1. The van der Waals surface area contributed by atoms with Gasteiger partial charge in [-0.3, -0.25) is 4.79 Å². The van der Waals surface area contributed by atoms with E-state index in [9.17, 15) is 18.0 Å². The van der Waals surface area contributed by atoms with Crippen molar-refractivity contribution in [1.82, 2.24) is 15.5 Å². The van der Waals surface area contributed by atoms with E-state index < -0.39 is 11.7 Å². The third kappa shape index (κ3) is 9.30. The second-order valence-corrected chi connectivity index (χ2v) is 6.68. The molecular weight excluding hydrogens is 472 g/mol. The molecule has 0 fully saturated rings. The largest absolute Gasteiger partial charge is 0.416 e. The van der Waals surface area contributed by atoms with E-state index in [1.807, 2.05) is 20.8 Å². The van der Waals surface area contributed by atoms with Crippen LogP contribution in [0.15, 0.2) is 29.3 Å². The van der Waals surface area contributed by atoms with Gasteiger partial charge in [0.15, 0.2) is 5.96 Å². The molecule has 0 bridgehead atoms. The number of likely N-dealkylation sites (N-methyl/N-ethyl adjacent to an activating group) is 1. The quantitative estimate of drug-likeness (QED) is 0.358. The van der Waals surface area contributed by atoms with Gasteiger partial charge in [0.25, 0.3) is 0 Å². The predicted octanol–water partition coefficient (Wildman–Crippen LogP) is 3.49. The summed E-state index contributed by atoms with van der Waals surface area (Å²) >= 11 is 0. The molecule has 2 N–H and O–H groups in total. The Morgan fingerprint density at radius 3 is 2.37 bits per heavy atom. The Balaban J connectivity index is 0.00000676. The number of guanidine groups is 1. The number of carbonyl (C=O) groups is 1. The van der Waals surface area contributed by atoms with Crippen molar-refractivity contribution in [1.29, 1.82) is 0 Å². The number of carbonyl (C=O) groups excluding carboxylic acids is 1. The van der Waals surface area contributed by atoms with Gasteiger partial charge in [-0.1, -0.05) is 26.0 Å². The van der Waals surface area contributed by atoms with E-state index in [0.717, 1.165) is 12.1 Å². The minimum Gasteiger partial charge on any atom is -0.354 e. The molecule has 0 saturated heterocycles. The highest BCUT2D eigenvalue weighted by molar-refractivity contribution is 14.0. The van der Waals surface area contributed by atoms with Crippen molar-refractivity contribution in [2.45, 2.75) is 39.5 Å². The Kier molecular flexibility index (Phi) is 10.7. The van der Waals surface area contributed by atoms with Crippen molar-refractivity contribution >= 4 is 35.8 Å². The lowest BCUT2D eigenvalue weighted by Gasteiger charge is -2.21. The summed E-state index contributed by atoms with van der Waals surface area (Å²) < 4.78 is 38.4. The molecule has 1 unspecified atom stereocenters. The maximum Gasteiger partial charge on any atom is 0.416 e. The molecule has 1 atom stereocenters. The van der Waals surface area contributed by atoms with Gasteiger partial charge in [0.2, 0.25) is 5.91 Å². The first-order valence-electron chi connectivity index (χ1n) is 8.42. The molecule has 27 heavy (non-hydrogen) atoms. The summed E-state index contributed by atoms with van der Waals surface area (Å²) in [5.74, 6) is 0.578. The van der Waals surface area contributed by atoms with E-state index >= 15 is 0 Å². The zero-order valence-corrected chi connectivity index (χ0v) is 18.6. The van der Waals surface area contributed by atoms with Crippen molar-refractivity contribution in [2.24, 2.45) is 10.9 Å². The van der Waals surface area contributed by atoms with E-state index in [1.165, 1.54) is 11.0 Å². The molecule has 1 aromatic carbocycles. The van der Waals surface area contributed by atoms with Gasteiger partial charge < -0.3 is 15.5 Å². The van der Waals surface area contributed by atoms with Gasteiger partial charge in [0, 0.05) is 20.1 Å². The summed E-state index contributed by atoms with van der Waals surface area (Å²) in [6.07, 6.45) is -4.39. The molecule has 0 spiro atoms. The highest BCUT2D eigenvalue weighted by Gasteiger charge is 2.30. The van der Waals surface area contributed by atoms with Crippen LogP contribution in [0.4, 0.5) is 13.2 Å². The Hall–Kier alpha value is -1.52. The summed E-state index contributed by atoms with van der Waals surface area (Å²) in [6, 6.07) is 5.14. The van der Waals surface area contributed by atoms with E-state index in [0.29, 0.717) is 17.4 Å². The predicted molar refractivity (Wildman–Crippen MR) is 112 cm³/mol. The van der Waals surface area contributed by atoms with Gasteiger partial charge >= 0.3 is 6.18 Å². The summed E-state index contributed by atoms with van der Waals surface area (Å²) in [4.78, 5) is 17.5. The lowest BCUT2D eigenvalue weighted by atomic mass is 10.1. The van der Waals surface area contributed by atoms with E-state index in [-0.39, 0.29) is 49.0 Å². The van der Waals surface area contributed by atoms with Crippen molar-refractivity contribution in [3.63, 3.8) is 0 Å². The smallest absolute Gasteiger partial charge is 0.354 e. The van der Waals surface area contributed by atoms with Gasteiger partial charge in [-0.05, 0) is 30.5 Å². The minimum atomic E-state index is -4.39. The van der Waals surface area contributed by atoms with Gasteiger partial charge in [0.1, 0.15) is 0 Å². The SMILES string of the molecule is CC(C)C(C)NC(=NCc1cccc(C(F)(F)F)c1)NCC(=O)N(C)C.I. The van der Waals surface area contributed by atoms with Crippen molar-refractivity contribution in [3.8, 4) is 0 Å². The molecule has 0 saturated carbocycles. The average molecular weight is 500 g/mol. The van der Waals surface area contributed by atoms with Crippen LogP contribution < -0.4 is 10.6 Å². The summed E-state index contributed by atoms with van der Waals surface area (Å²) in [6.45, 7) is 6.16. The molecule has 5 nitrogen and oxygen atoms in total. The molecule has 0 radical (unpaired) electrons. The number of nitrogens with zero attached hydrogens (tertiary/aromatic N) is 2. The normalized spacial score (nSPS) is 13.0. The number of alkyl halides is 3. The topological polar surface area (TPSA) is 56.7 Å². The lowest BCUT2D eigenvalue weighted by Crippen LogP contribution is -2.47. The summed E-state index contributed by atoms with van der Waals surface area (Å²) in [5.41, 5.74) is -0.261. The van der Waals surface area contributed by atoms with Crippen LogP contribution in [-0.4, -0.2) is 43.4 Å². The minimum absolute atomic E-state index is 0. The fourth-order valence-corrected chi connectivity index (χ4v) is 1.87. The number of hydrogen-bond donors (Lipinski definition) is 2. The number of rotatable bonds is 6. The number of benzene rings is 1. The Labute approximate surface area is 175 Å². The third-order valence-corrected chi connectivity index (χ3v) is 3.94. The first-order chi connectivity index (χ1) is 12.0. The van der Waals surface area contributed by atoms with E-state index in [2.05, 4.69) is 15.6 Å². The van der Waals surface area contributed by atoms with Gasteiger partial charge in [0.05, 0.1) is 18.7 Å². The highest BCUT2D eigenvalue weighted by atomic mass is 127. The molecule has 9 heteroatoms. The molecule has 0 aromatic heterocycles. The van der Waals surface area contributed by atoms with E-state index in [4.69, 9.17) is 0 Å². The molecular formula is C18H28F3IN4O. The molecule has 0 aliphatic heterocycles. The Morgan fingerprint density at radius 1 is 1.22 bits per heavy atom. The van der Waals surface area contributed by atoms with Crippen LogP contribution in [0.25, 0.3) is 0 Å². The second-order valence-electron chi connectivity index (χ2n) is 6.68. The fraction of sp³-hybridized carbons (Fsp3) is 0.556. The Bertz CT molecular complexity index is 633. The van der Waals surface area contributed by atoms with Gasteiger partial charge in [-0.15, -0.1) is 24.0 Å². The van der Waals surface area contributed by atoms with Crippen LogP contribution in [0, 0.1) is 5.92 Å². The summed E-state index contributed by atoms with van der Waals surface area (Å²) in [5, 5.41) is 6.10. The average Bonchev–Trinajstić information content (AvgIpc) is 2.56. The standard InChI is InChI=1S/C18H27F3N4O.HI/c1-12(2)13(3)24-17(23-11-16(26)25(4)5)22-10-14-7-6-8-15(9-14)18(19,20)21;/h6-9,12-13H,10-11H2,1-5H3,(H2,22,23,24);1H. The monoisotopic (exact) mass is 500 g/mol. The molecule has 1 rings (SSSR count). The van der Waals surface area contributed by atoms with Crippen LogP contribution in [0.3, 0.4) is 0 Å². The first-order valence-corrected chi connectivity index (χ1v) is 8.42. The van der Waals surface area contributed by atoms with Crippen LogP contribution >= 0.6 is 24.0 Å².